The number of nitriles is 1. The summed E-state index contributed by atoms with van der Waals surface area (Å²) in [5.41, 5.74) is 5.94. The van der Waals surface area contributed by atoms with Gasteiger partial charge in [-0.2, -0.15) is 5.26 Å². The number of nitrogens with one attached hydrogen (secondary N) is 3. The van der Waals surface area contributed by atoms with E-state index in [1.807, 2.05) is 92.7 Å². The van der Waals surface area contributed by atoms with Crippen LogP contribution in [0.25, 0.3) is 0 Å². The van der Waals surface area contributed by atoms with Gasteiger partial charge in [0.15, 0.2) is 0 Å². The van der Waals surface area contributed by atoms with Crippen LogP contribution in [-0.4, -0.2) is 17.6 Å². The number of benzene rings is 3. The number of para-hydroxylation sites is 1. The van der Waals surface area contributed by atoms with Crippen LogP contribution in [-0.2, 0) is 16.0 Å². The Hall–Kier alpha value is -4.28. The molecule has 0 aromatic heterocycles. The molecule has 4 rings (SSSR count). The van der Waals surface area contributed by atoms with Gasteiger partial charge in [0.05, 0.1) is 28.3 Å². The van der Waals surface area contributed by atoms with Gasteiger partial charge in [0.25, 0.3) is 5.91 Å². The van der Waals surface area contributed by atoms with Crippen LogP contribution in [0.15, 0.2) is 101 Å². The van der Waals surface area contributed by atoms with E-state index in [1.54, 1.807) is 0 Å². The summed E-state index contributed by atoms with van der Waals surface area (Å²) in [6.45, 7) is 5.84. The molecule has 192 valence electrons. The molecule has 0 spiro atoms. The van der Waals surface area contributed by atoms with Crippen molar-refractivity contribution in [3.8, 4) is 6.07 Å². The number of carbonyl (C=O) groups excluding carboxylic acids is 2. The highest BCUT2D eigenvalue weighted by Gasteiger charge is 2.35. The summed E-state index contributed by atoms with van der Waals surface area (Å²) < 4.78 is 0. The first-order chi connectivity index (χ1) is 18.4. The molecule has 1 atom stereocenters. The maximum atomic E-state index is 13.6. The number of rotatable bonds is 8. The molecule has 38 heavy (non-hydrogen) atoms. The van der Waals surface area contributed by atoms with E-state index in [2.05, 4.69) is 28.9 Å². The van der Waals surface area contributed by atoms with E-state index in [0.717, 1.165) is 28.9 Å². The minimum atomic E-state index is -0.571. The predicted octanol–water partition coefficient (Wildman–Crippen LogP) is 6.26. The van der Waals surface area contributed by atoms with E-state index in [4.69, 9.17) is 0 Å². The smallest absolute Gasteiger partial charge is 0.254 e. The predicted molar refractivity (Wildman–Crippen MR) is 154 cm³/mol. The molecule has 1 aliphatic rings. The van der Waals surface area contributed by atoms with Crippen LogP contribution in [0.2, 0.25) is 0 Å². The summed E-state index contributed by atoms with van der Waals surface area (Å²) in [6.07, 6.45) is 0.932. The van der Waals surface area contributed by atoms with Crippen molar-refractivity contribution in [3.63, 3.8) is 0 Å². The van der Waals surface area contributed by atoms with Gasteiger partial charge < -0.3 is 16.0 Å². The number of dihydropyridines is 1. The third-order valence-corrected chi connectivity index (χ3v) is 7.43. The Morgan fingerprint density at radius 1 is 0.947 bits per heavy atom. The molecule has 2 amide bonds. The highest BCUT2D eigenvalue weighted by Crippen LogP contribution is 2.41. The highest BCUT2D eigenvalue weighted by molar-refractivity contribution is 8.03. The second-order valence-electron chi connectivity index (χ2n) is 9.02. The lowest BCUT2D eigenvalue weighted by molar-refractivity contribution is -0.114. The summed E-state index contributed by atoms with van der Waals surface area (Å²) in [5.74, 6) is -0.906. The normalized spacial score (nSPS) is 14.9. The van der Waals surface area contributed by atoms with Gasteiger partial charge in [-0.25, -0.2) is 0 Å². The molecule has 1 aliphatic heterocycles. The van der Waals surface area contributed by atoms with Crippen molar-refractivity contribution in [3.05, 3.63) is 117 Å². The molecule has 0 aliphatic carbocycles. The molecule has 0 fully saturated rings. The summed E-state index contributed by atoms with van der Waals surface area (Å²) in [7, 11) is 0. The van der Waals surface area contributed by atoms with Crippen LogP contribution in [0, 0.1) is 18.3 Å². The van der Waals surface area contributed by atoms with Crippen molar-refractivity contribution in [2.75, 3.05) is 16.4 Å². The third kappa shape index (κ3) is 6.16. The van der Waals surface area contributed by atoms with Crippen molar-refractivity contribution in [2.45, 2.75) is 33.1 Å². The van der Waals surface area contributed by atoms with Crippen LogP contribution in [0.1, 0.15) is 36.5 Å². The van der Waals surface area contributed by atoms with Gasteiger partial charge in [0.2, 0.25) is 5.91 Å². The first-order valence-electron chi connectivity index (χ1n) is 12.5. The van der Waals surface area contributed by atoms with Crippen molar-refractivity contribution in [2.24, 2.45) is 0 Å². The Balaban J connectivity index is 1.59. The fraction of sp³-hybridized carbons (Fsp3) is 0.194. The number of hydrogen-bond acceptors (Lipinski definition) is 5. The lowest BCUT2D eigenvalue weighted by Gasteiger charge is -2.30. The molecular weight excluding hydrogens is 492 g/mol. The van der Waals surface area contributed by atoms with E-state index in [-0.39, 0.29) is 17.6 Å². The van der Waals surface area contributed by atoms with Crippen molar-refractivity contribution < 1.29 is 9.59 Å². The molecule has 1 heterocycles. The largest absolute Gasteiger partial charge is 0.353 e. The van der Waals surface area contributed by atoms with Gasteiger partial charge in [-0.05, 0) is 55.2 Å². The molecule has 3 N–H and O–H groups in total. The number of nitrogens with zero attached hydrogens (tertiary/aromatic N) is 1. The Kier molecular flexibility index (Phi) is 8.67. The first-order valence-corrected chi connectivity index (χ1v) is 13.4. The van der Waals surface area contributed by atoms with Gasteiger partial charge in [0, 0.05) is 22.6 Å². The van der Waals surface area contributed by atoms with Gasteiger partial charge >= 0.3 is 0 Å². The lowest BCUT2D eigenvalue weighted by atomic mass is 9.82. The maximum absolute atomic E-state index is 13.6. The molecular formula is C31H30N4O2S. The third-order valence-electron chi connectivity index (χ3n) is 6.41. The van der Waals surface area contributed by atoms with Crippen LogP contribution >= 0.6 is 11.8 Å². The fourth-order valence-corrected chi connectivity index (χ4v) is 5.26. The Labute approximate surface area is 227 Å². The van der Waals surface area contributed by atoms with E-state index in [0.29, 0.717) is 21.9 Å². The van der Waals surface area contributed by atoms with Gasteiger partial charge in [-0.15, -0.1) is 0 Å². The zero-order chi connectivity index (χ0) is 27.1. The van der Waals surface area contributed by atoms with Gasteiger partial charge in [-0.1, -0.05) is 79.3 Å². The minimum absolute atomic E-state index is 0.114. The Morgan fingerprint density at radius 3 is 2.29 bits per heavy atom. The average Bonchev–Trinajstić information content (AvgIpc) is 2.93. The van der Waals surface area contributed by atoms with Crippen LogP contribution in [0.5, 0.6) is 0 Å². The lowest BCUT2D eigenvalue weighted by Crippen LogP contribution is -2.31. The van der Waals surface area contributed by atoms with Crippen LogP contribution in [0.3, 0.4) is 0 Å². The quantitative estimate of drug-likeness (QED) is 0.324. The minimum Gasteiger partial charge on any atom is -0.353 e. The molecule has 1 unspecified atom stereocenters. The number of aryl methyl sites for hydroxylation is 2. The topological polar surface area (TPSA) is 94.0 Å². The molecule has 0 saturated heterocycles. The van der Waals surface area contributed by atoms with E-state index < -0.39 is 5.92 Å². The molecule has 3 aromatic carbocycles. The number of amides is 2. The zero-order valence-electron chi connectivity index (χ0n) is 21.7. The van der Waals surface area contributed by atoms with Crippen LogP contribution in [0.4, 0.5) is 11.4 Å². The Bertz CT molecular complexity index is 1440. The van der Waals surface area contributed by atoms with Crippen molar-refractivity contribution in [1.82, 2.24) is 5.32 Å². The number of carbonyl (C=O) groups is 2. The number of hydrogen-bond donors (Lipinski definition) is 3. The van der Waals surface area contributed by atoms with E-state index >= 15 is 0 Å². The van der Waals surface area contributed by atoms with Crippen molar-refractivity contribution >= 4 is 35.0 Å². The summed E-state index contributed by atoms with van der Waals surface area (Å²) in [4.78, 5) is 26.3. The SMILES string of the molecule is CCc1ccc(NC(=O)CSC2=C(C#N)C(c3ccccc3)C(C(=O)Nc3ccccc3C)=C(C)N2)cc1. The number of anilines is 2. The second kappa shape index (κ2) is 12.3. The van der Waals surface area contributed by atoms with Gasteiger partial charge in [-0.3, -0.25) is 9.59 Å². The standard InChI is InChI=1S/C31H30N4O2S/c1-4-22-14-16-24(17-15-22)34-27(36)19-38-31-25(18-32)29(23-11-6-5-7-12-23)28(21(3)33-31)30(37)35-26-13-9-8-10-20(26)2/h5-17,29,33H,4,19H2,1-3H3,(H,34,36)(H,35,37). The number of thioether (sulfide) groups is 1. The van der Waals surface area contributed by atoms with Gasteiger partial charge in [0.1, 0.15) is 0 Å². The molecule has 0 bridgehead atoms. The van der Waals surface area contributed by atoms with Crippen LogP contribution < -0.4 is 16.0 Å². The molecule has 3 aromatic rings. The van der Waals surface area contributed by atoms with Crippen molar-refractivity contribution in [1.29, 1.82) is 5.26 Å². The second-order valence-corrected chi connectivity index (χ2v) is 10.0. The fourth-order valence-electron chi connectivity index (χ4n) is 4.37. The summed E-state index contributed by atoms with van der Waals surface area (Å²) in [6, 6.07) is 27.2. The number of allylic oxidation sites excluding steroid dienone is 2. The zero-order valence-corrected chi connectivity index (χ0v) is 22.5. The Morgan fingerprint density at radius 2 is 1.63 bits per heavy atom. The highest BCUT2D eigenvalue weighted by atomic mass is 32.2. The summed E-state index contributed by atoms with van der Waals surface area (Å²) in [5, 5.41) is 20.0. The van der Waals surface area contributed by atoms with E-state index in [9.17, 15) is 14.9 Å². The summed E-state index contributed by atoms with van der Waals surface area (Å²) >= 11 is 1.26. The average molecular weight is 523 g/mol. The molecule has 0 saturated carbocycles. The van der Waals surface area contributed by atoms with E-state index in [1.165, 1.54) is 17.3 Å². The molecule has 7 heteroatoms. The first kappa shape index (κ1) is 26.8. The molecule has 6 nitrogen and oxygen atoms in total. The molecule has 0 radical (unpaired) electrons. The maximum Gasteiger partial charge on any atom is 0.254 e. The monoisotopic (exact) mass is 522 g/mol.